The number of hydrogen-bond acceptors (Lipinski definition) is 2. The van der Waals surface area contributed by atoms with E-state index in [-0.39, 0.29) is 0 Å². The van der Waals surface area contributed by atoms with Crippen LogP contribution >= 0.6 is 0 Å². The third-order valence-corrected chi connectivity index (χ3v) is 10.5. The molecule has 2 aliphatic rings. The van der Waals surface area contributed by atoms with Gasteiger partial charge in [-0.05, 0) is 117 Å². The van der Waals surface area contributed by atoms with Crippen LogP contribution in [0.1, 0.15) is 98.6 Å². The van der Waals surface area contributed by atoms with E-state index in [1.165, 1.54) is 70.2 Å². The van der Waals surface area contributed by atoms with Crippen molar-refractivity contribution in [3.63, 3.8) is 0 Å². The van der Waals surface area contributed by atoms with Gasteiger partial charge in [-0.25, -0.2) is 0 Å². The van der Waals surface area contributed by atoms with Crippen LogP contribution in [0, 0.1) is 0 Å². The van der Waals surface area contributed by atoms with Crippen molar-refractivity contribution in [1.82, 2.24) is 0 Å². The maximum Gasteiger partial charge on any atom is 0.127 e. The zero-order valence-corrected chi connectivity index (χ0v) is 33.1. The van der Waals surface area contributed by atoms with Crippen LogP contribution in [0.5, 0.6) is 11.5 Å². The molecule has 0 aliphatic heterocycles. The summed E-state index contributed by atoms with van der Waals surface area (Å²) < 4.78 is 13.5. The molecule has 5 aromatic rings. The monoisotopic (exact) mass is 734 g/mol. The van der Waals surface area contributed by atoms with Crippen molar-refractivity contribution >= 4 is 34.4 Å². The molecule has 56 heavy (non-hydrogen) atoms. The van der Waals surface area contributed by atoms with Crippen LogP contribution in [0.25, 0.3) is 34.4 Å². The minimum atomic E-state index is 0.670. The maximum atomic E-state index is 6.77. The summed E-state index contributed by atoms with van der Waals surface area (Å²) in [6.45, 7) is 5.84. The van der Waals surface area contributed by atoms with Crippen molar-refractivity contribution in [3.8, 4) is 11.5 Å². The highest BCUT2D eigenvalue weighted by Gasteiger charge is 2.20. The van der Waals surface area contributed by atoms with E-state index in [0.717, 1.165) is 59.5 Å². The zero-order valence-electron chi connectivity index (χ0n) is 33.1. The van der Waals surface area contributed by atoms with E-state index >= 15 is 0 Å². The fraction of sp³-hybridized carbons (Fsp3) is 0.222. The van der Waals surface area contributed by atoms with Gasteiger partial charge in [0.1, 0.15) is 11.5 Å². The van der Waals surface area contributed by atoms with E-state index in [4.69, 9.17) is 9.47 Å². The summed E-state index contributed by atoms with van der Waals surface area (Å²) in [6.07, 6.45) is 23.0. The number of hydrogen-bond donors (Lipinski definition) is 0. The molecule has 2 nitrogen and oxygen atoms in total. The van der Waals surface area contributed by atoms with Crippen LogP contribution in [0.2, 0.25) is 0 Å². The number of allylic oxidation sites excluding steroid dienone is 10. The molecule has 0 saturated heterocycles. The first-order valence-electron chi connectivity index (χ1n) is 20.7. The maximum absolute atomic E-state index is 6.77. The standard InChI is InChI=1S/C54H54O2/c1-3-5-7-21-31-55-53-39-50(36-48-34-46(42-25-15-10-16-26-42)38-52(48)44-29-19-12-20-30-44)54(56-32-22-8-6-4-2)40-49(53)35-47-33-45(41-23-13-9-14-24-41)37-51(47)43-27-17-11-18-28-43/h9-20,23-30,33-40H,3-8,21-22,31-32H2,1-2H3/b47-35+,48-36+. The quantitative estimate of drug-likeness (QED) is 0.0835. The Hall–Kier alpha value is -5.86. The smallest absolute Gasteiger partial charge is 0.127 e. The zero-order chi connectivity index (χ0) is 38.4. The molecule has 2 aliphatic carbocycles. The molecule has 0 aromatic heterocycles. The molecule has 0 spiro atoms. The summed E-state index contributed by atoms with van der Waals surface area (Å²) in [5.41, 5.74) is 14.0. The second-order valence-corrected chi connectivity index (χ2v) is 14.7. The molecular formula is C54H54O2. The van der Waals surface area contributed by atoms with E-state index in [1.807, 2.05) is 0 Å². The largest absolute Gasteiger partial charge is 0.493 e. The molecule has 2 heteroatoms. The Morgan fingerprint density at radius 3 is 1.11 bits per heavy atom. The van der Waals surface area contributed by atoms with E-state index in [2.05, 4.69) is 184 Å². The highest BCUT2D eigenvalue weighted by atomic mass is 16.5. The first-order chi connectivity index (χ1) is 27.7. The number of ether oxygens (including phenoxy) is 2. The van der Waals surface area contributed by atoms with Gasteiger partial charge in [-0.15, -0.1) is 0 Å². The highest BCUT2D eigenvalue weighted by Crippen LogP contribution is 2.42. The molecule has 0 unspecified atom stereocenters. The Morgan fingerprint density at radius 1 is 0.393 bits per heavy atom. The molecule has 0 atom stereocenters. The normalized spacial score (nSPS) is 15.1. The molecular weight excluding hydrogens is 681 g/mol. The first kappa shape index (κ1) is 38.4. The van der Waals surface area contributed by atoms with Crippen molar-refractivity contribution in [3.05, 3.63) is 202 Å². The van der Waals surface area contributed by atoms with Gasteiger partial charge in [0, 0.05) is 11.1 Å². The van der Waals surface area contributed by atoms with Gasteiger partial charge in [0.15, 0.2) is 0 Å². The van der Waals surface area contributed by atoms with E-state index in [9.17, 15) is 0 Å². The fourth-order valence-corrected chi connectivity index (χ4v) is 7.44. The molecule has 0 N–H and O–H groups in total. The minimum absolute atomic E-state index is 0.670. The highest BCUT2D eigenvalue weighted by molar-refractivity contribution is 6.04. The van der Waals surface area contributed by atoms with Crippen molar-refractivity contribution in [1.29, 1.82) is 0 Å². The van der Waals surface area contributed by atoms with Crippen LogP contribution in [0.15, 0.2) is 169 Å². The van der Waals surface area contributed by atoms with Crippen LogP contribution in [0.3, 0.4) is 0 Å². The van der Waals surface area contributed by atoms with Gasteiger partial charge in [0.2, 0.25) is 0 Å². The molecule has 0 fully saturated rings. The summed E-state index contributed by atoms with van der Waals surface area (Å²) in [5.74, 6) is 1.76. The lowest BCUT2D eigenvalue weighted by molar-refractivity contribution is 0.296. The van der Waals surface area contributed by atoms with Gasteiger partial charge >= 0.3 is 0 Å². The average Bonchev–Trinajstić information content (AvgIpc) is 3.88. The fourth-order valence-electron chi connectivity index (χ4n) is 7.44. The van der Waals surface area contributed by atoms with Gasteiger partial charge in [-0.1, -0.05) is 174 Å². The van der Waals surface area contributed by atoms with E-state index in [0.29, 0.717) is 13.2 Å². The number of rotatable bonds is 18. The molecule has 5 aromatic carbocycles. The van der Waals surface area contributed by atoms with Crippen LogP contribution in [0.4, 0.5) is 0 Å². The van der Waals surface area contributed by atoms with Crippen molar-refractivity contribution in [2.75, 3.05) is 13.2 Å². The van der Waals surface area contributed by atoms with E-state index in [1.54, 1.807) is 0 Å². The third kappa shape index (κ3) is 9.86. The van der Waals surface area contributed by atoms with Gasteiger partial charge < -0.3 is 9.47 Å². The molecule has 7 rings (SSSR count). The Morgan fingerprint density at radius 2 is 0.750 bits per heavy atom. The number of unbranched alkanes of at least 4 members (excludes halogenated alkanes) is 6. The molecule has 0 radical (unpaired) electrons. The first-order valence-corrected chi connectivity index (χ1v) is 20.7. The molecule has 0 saturated carbocycles. The lowest BCUT2D eigenvalue weighted by atomic mass is 9.96. The van der Waals surface area contributed by atoms with Crippen molar-refractivity contribution in [2.24, 2.45) is 0 Å². The Kier molecular flexibility index (Phi) is 13.5. The van der Waals surface area contributed by atoms with Gasteiger partial charge in [-0.2, -0.15) is 0 Å². The second-order valence-electron chi connectivity index (χ2n) is 14.7. The Bertz CT molecular complexity index is 2070. The predicted octanol–water partition coefficient (Wildman–Crippen LogP) is 14.7. The third-order valence-electron chi connectivity index (χ3n) is 10.5. The molecule has 0 amide bonds. The second kappa shape index (κ2) is 19.6. The summed E-state index contributed by atoms with van der Waals surface area (Å²) in [5, 5.41) is 0. The molecule has 0 heterocycles. The summed E-state index contributed by atoms with van der Waals surface area (Å²) in [7, 11) is 0. The van der Waals surface area contributed by atoms with Crippen LogP contribution < -0.4 is 9.47 Å². The van der Waals surface area contributed by atoms with Gasteiger partial charge in [0.25, 0.3) is 0 Å². The van der Waals surface area contributed by atoms with Gasteiger partial charge in [-0.3, -0.25) is 0 Å². The Labute approximate surface area is 334 Å². The summed E-state index contributed by atoms with van der Waals surface area (Å²) in [6, 6.07) is 47.2. The predicted molar refractivity (Wildman–Crippen MR) is 239 cm³/mol. The topological polar surface area (TPSA) is 18.5 Å². The lowest BCUT2D eigenvalue weighted by Crippen LogP contribution is -2.03. The van der Waals surface area contributed by atoms with Crippen LogP contribution in [-0.4, -0.2) is 13.2 Å². The summed E-state index contributed by atoms with van der Waals surface area (Å²) in [4.78, 5) is 0. The number of benzene rings is 5. The van der Waals surface area contributed by atoms with E-state index < -0.39 is 0 Å². The average molecular weight is 735 g/mol. The van der Waals surface area contributed by atoms with Crippen molar-refractivity contribution in [2.45, 2.75) is 65.2 Å². The van der Waals surface area contributed by atoms with Crippen LogP contribution in [-0.2, 0) is 0 Å². The molecule has 0 bridgehead atoms. The SMILES string of the molecule is CCCCCCOc1cc(/C=C2\C=C(c3ccccc3)C=C2c2ccccc2)c(OCCCCCC)cc1/C=C1\C=C(c2ccccc2)C=C1c1ccccc1. The minimum Gasteiger partial charge on any atom is -0.493 e. The van der Waals surface area contributed by atoms with Crippen molar-refractivity contribution < 1.29 is 9.47 Å². The summed E-state index contributed by atoms with van der Waals surface area (Å²) >= 11 is 0. The Balaban J connectivity index is 1.35. The van der Waals surface area contributed by atoms with Gasteiger partial charge in [0.05, 0.1) is 13.2 Å². The molecule has 282 valence electrons. The lowest BCUT2D eigenvalue weighted by Gasteiger charge is -2.17.